The number of hydrazone groups is 1. The summed E-state index contributed by atoms with van der Waals surface area (Å²) in [6.45, 7) is 1.83. The molecule has 2 aromatic heterocycles. The molecule has 0 fully saturated rings. The van der Waals surface area contributed by atoms with E-state index in [4.69, 9.17) is 4.42 Å². The Morgan fingerprint density at radius 2 is 1.87 bits per heavy atom. The molecule has 0 saturated heterocycles. The molecule has 30 heavy (non-hydrogen) atoms. The van der Waals surface area contributed by atoms with Crippen molar-refractivity contribution in [2.75, 3.05) is 5.32 Å². The van der Waals surface area contributed by atoms with E-state index in [1.807, 2.05) is 13.0 Å². The number of anilines is 1. The fourth-order valence-electron chi connectivity index (χ4n) is 3.44. The number of fused-ring (bicyclic) bond motifs is 1. The molecule has 7 nitrogen and oxygen atoms in total. The lowest BCUT2D eigenvalue weighted by molar-refractivity contribution is 0.0952. The number of nitrogens with zero attached hydrogens (tertiary/aromatic N) is 2. The first-order valence-electron chi connectivity index (χ1n) is 9.50. The van der Waals surface area contributed by atoms with Crippen LogP contribution >= 0.6 is 15.9 Å². The van der Waals surface area contributed by atoms with E-state index in [1.165, 1.54) is 0 Å². The Kier molecular flexibility index (Phi) is 5.76. The summed E-state index contributed by atoms with van der Waals surface area (Å²) in [5.41, 5.74) is 5.98. The third-order valence-corrected chi connectivity index (χ3v) is 5.57. The lowest BCUT2D eigenvalue weighted by atomic mass is 9.93. The number of carbonyl (C=O) groups is 2. The highest BCUT2D eigenvalue weighted by molar-refractivity contribution is 9.10. The van der Waals surface area contributed by atoms with Crippen molar-refractivity contribution in [2.24, 2.45) is 5.10 Å². The highest BCUT2D eigenvalue weighted by atomic mass is 79.9. The molecule has 0 atom stereocenters. The van der Waals surface area contributed by atoms with Crippen molar-refractivity contribution < 1.29 is 14.0 Å². The van der Waals surface area contributed by atoms with Crippen molar-refractivity contribution in [3.05, 3.63) is 81.5 Å². The van der Waals surface area contributed by atoms with Gasteiger partial charge in [0.2, 0.25) is 0 Å². The van der Waals surface area contributed by atoms with Crippen molar-refractivity contribution in [3.63, 3.8) is 0 Å². The quantitative estimate of drug-likeness (QED) is 0.554. The van der Waals surface area contributed by atoms with E-state index in [2.05, 4.69) is 36.8 Å². The molecule has 1 aliphatic rings. The Bertz CT molecular complexity index is 1140. The number of halogens is 1. The second kappa shape index (κ2) is 8.62. The first-order valence-corrected chi connectivity index (χ1v) is 10.3. The number of rotatable bonds is 4. The summed E-state index contributed by atoms with van der Waals surface area (Å²) in [5.74, 6) is 0.333. The van der Waals surface area contributed by atoms with Crippen LogP contribution < -0.4 is 10.7 Å². The van der Waals surface area contributed by atoms with E-state index < -0.39 is 0 Å². The minimum atomic E-state index is -0.329. The number of furan rings is 1. The maximum Gasteiger partial charge on any atom is 0.291 e. The van der Waals surface area contributed by atoms with Gasteiger partial charge in [0, 0.05) is 40.1 Å². The summed E-state index contributed by atoms with van der Waals surface area (Å²) in [6, 6.07) is 10.6. The van der Waals surface area contributed by atoms with Gasteiger partial charge >= 0.3 is 0 Å². The fraction of sp³-hybridized carbons (Fsp3) is 0.182. The van der Waals surface area contributed by atoms with Gasteiger partial charge in [0.25, 0.3) is 11.8 Å². The summed E-state index contributed by atoms with van der Waals surface area (Å²) in [5, 5.41) is 7.17. The topological polar surface area (TPSA) is 96.6 Å². The summed E-state index contributed by atoms with van der Waals surface area (Å²) < 4.78 is 6.58. The van der Waals surface area contributed by atoms with E-state index in [-0.39, 0.29) is 17.6 Å². The minimum absolute atomic E-state index is 0.253. The van der Waals surface area contributed by atoms with E-state index in [9.17, 15) is 9.59 Å². The van der Waals surface area contributed by atoms with E-state index >= 15 is 0 Å². The van der Waals surface area contributed by atoms with E-state index in [0.717, 1.165) is 18.4 Å². The van der Waals surface area contributed by atoms with Crippen LogP contribution in [-0.2, 0) is 6.42 Å². The molecule has 2 N–H and O–H groups in total. The van der Waals surface area contributed by atoms with Crippen molar-refractivity contribution in [1.29, 1.82) is 0 Å². The Labute approximate surface area is 181 Å². The van der Waals surface area contributed by atoms with Gasteiger partial charge in [-0.25, -0.2) is 5.43 Å². The number of nitrogens with one attached hydrogen (secondary N) is 2. The molecule has 0 unspecified atom stereocenters. The van der Waals surface area contributed by atoms with Crippen molar-refractivity contribution >= 4 is 39.1 Å². The molecule has 0 spiro atoms. The van der Waals surface area contributed by atoms with Gasteiger partial charge in [-0.2, -0.15) is 5.10 Å². The van der Waals surface area contributed by atoms with Crippen molar-refractivity contribution in [2.45, 2.75) is 26.2 Å². The fourth-order valence-corrected chi connectivity index (χ4v) is 3.91. The molecule has 1 aliphatic carbocycles. The molecule has 2 amide bonds. The average molecular weight is 467 g/mol. The highest BCUT2D eigenvalue weighted by Gasteiger charge is 2.28. The predicted molar refractivity (Wildman–Crippen MR) is 117 cm³/mol. The standard InChI is InChI=1S/C22H19BrN4O3/c1-13-19-17(26-27-21(28)15-5-2-3-6-16(15)23)7-4-8-18(19)30-20(13)22(29)25-14-9-11-24-12-10-14/h2-3,5-6,9-12H,4,7-8H2,1H3,(H,27,28)(H,24,25,29)/b26-17+. The zero-order chi connectivity index (χ0) is 21.1. The third kappa shape index (κ3) is 4.04. The van der Waals surface area contributed by atoms with Gasteiger partial charge in [-0.3, -0.25) is 14.6 Å². The lowest BCUT2D eigenvalue weighted by Crippen LogP contribution is -2.22. The third-order valence-electron chi connectivity index (χ3n) is 4.88. The van der Waals surface area contributed by atoms with Crippen molar-refractivity contribution in [3.8, 4) is 0 Å². The largest absolute Gasteiger partial charge is 0.455 e. The second-order valence-corrected chi connectivity index (χ2v) is 7.73. The van der Waals surface area contributed by atoms with Gasteiger partial charge in [-0.15, -0.1) is 0 Å². The van der Waals surface area contributed by atoms with Crippen LogP contribution in [0.25, 0.3) is 0 Å². The van der Waals surface area contributed by atoms with Crippen LogP contribution in [0.4, 0.5) is 5.69 Å². The number of hydrogen-bond acceptors (Lipinski definition) is 5. The summed E-state index contributed by atoms with van der Waals surface area (Å²) in [4.78, 5) is 29.1. The Hall–Kier alpha value is -3.26. The molecular formula is C22H19BrN4O3. The van der Waals surface area contributed by atoms with Gasteiger partial charge in [0.1, 0.15) is 5.76 Å². The zero-order valence-electron chi connectivity index (χ0n) is 16.2. The molecule has 0 radical (unpaired) electrons. The van der Waals surface area contributed by atoms with Crippen LogP contribution in [0, 0.1) is 6.92 Å². The smallest absolute Gasteiger partial charge is 0.291 e. The normalized spacial score (nSPS) is 14.3. The van der Waals surface area contributed by atoms with Crippen LogP contribution in [-0.4, -0.2) is 22.5 Å². The Morgan fingerprint density at radius 3 is 2.63 bits per heavy atom. The number of hydrogen-bond donors (Lipinski definition) is 2. The van der Waals surface area contributed by atoms with E-state index in [0.29, 0.717) is 39.2 Å². The predicted octanol–water partition coefficient (Wildman–Crippen LogP) is 4.47. The van der Waals surface area contributed by atoms with Crippen LogP contribution in [0.1, 0.15) is 50.6 Å². The molecule has 3 aromatic rings. The van der Waals surface area contributed by atoms with Gasteiger partial charge in [0.05, 0.1) is 11.3 Å². The molecule has 2 heterocycles. The highest BCUT2D eigenvalue weighted by Crippen LogP contribution is 2.30. The Balaban J connectivity index is 1.58. The Morgan fingerprint density at radius 1 is 1.10 bits per heavy atom. The molecule has 0 bridgehead atoms. The van der Waals surface area contributed by atoms with Gasteiger partial charge in [0.15, 0.2) is 5.76 Å². The van der Waals surface area contributed by atoms with Crippen LogP contribution in [0.15, 0.2) is 62.8 Å². The van der Waals surface area contributed by atoms with Crippen molar-refractivity contribution in [1.82, 2.24) is 10.4 Å². The maximum atomic E-state index is 12.7. The molecule has 8 heteroatoms. The first kappa shape index (κ1) is 20.0. The monoisotopic (exact) mass is 466 g/mol. The summed E-state index contributed by atoms with van der Waals surface area (Å²) in [6.07, 6.45) is 5.45. The number of carbonyl (C=O) groups excluding carboxylic acids is 2. The molecule has 0 saturated carbocycles. The average Bonchev–Trinajstić information content (AvgIpc) is 3.10. The maximum absolute atomic E-state index is 12.7. The molecule has 152 valence electrons. The minimum Gasteiger partial charge on any atom is -0.455 e. The van der Waals surface area contributed by atoms with Crippen LogP contribution in [0.5, 0.6) is 0 Å². The van der Waals surface area contributed by atoms with E-state index in [1.54, 1.807) is 42.7 Å². The number of benzene rings is 1. The number of aryl methyl sites for hydroxylation is 1. The summed E-state index contributed by atoms with van der Waals surface area (Å²) >= 11 is 3.37. The molecule has 1 aromatic carbocycles. The lowest BCUT2D eigenvalue weighted by Gasteiger charge is -2.13. The second-order valence-electron chi connectivity index (χ2n) is 6.88. The zero-order valence-corrected chi connectivity index (χ0v) is 17.8. The SMILES string of the molecule is Cc1c(C(=O)Nc2ccncc2)oc2c1/C(=N/NC(=O)c1ccccc1Br)CCC2. The van der Waals surface area contributed by atoms with Crippen LogP contribution in [0.3, 0.4) is 0 Å². The molecular weight excluding hydrogens is 448 g/mol. The number of amides is 2. The number of aromatic nitrogens is 1. The van der Waals surface area contributed by atoms with Crippen LogP contribution in [0.2, 0.25) is 0 Å². The molecule has 0 aliphatic heterocycles. The van der Waals surface area contributed by atoms with Gasteiger partial charge < -0.3 is 9.73 Å². The van der Waals surface area contributed by atoms with Gasteiger partial charge in [-0.05, 0) is 60.0 Å². The number of pyridine rings is 1. The molecule has 4 rings (SSSR count). The first-order chi connectivity index (χ1) is 14.5. The van der Waals surface area contributed by atoms with Gasteiger partial charge in [-0.1, -0.05) is 12.1 Å². The summed E-state index contributed by atoms with van der Waals surface area (Å²) in [7, 11) is 0.